The molecule has 1 aliphatic rings. The van der Waals surface area contributed by atoms with Gasteiger partial charge in [0.2, 0.25) is 0 Å². The fourth-order valence-corrected chi connectivity index (χ4v) is 1.29. The van der Waals surface area contributed by atoms with E-state index in [2.05, 4.69) is 5.32 Å². The van der Waals surface area contributed by atoms with Crippen molar-refractivity contribution >= 4 is 5.91 Å². The number of piperazine rings is 1. The highest BCUT2D eigenvalue weighted by Gasteiger charge is 2.28. The third-order valence-electron chi connectivity index (χ3n) is 1.97. The van der Waals surface area contributed by atoms with Crippen LogP contribution < -0.4 is 5.32 Å². The first-order valence-electron chi connectivity index (χ1n) is 3.92. The van der Waals surface area contributed by atoms with E-state index in [1.54, 1.807) is 6.92 Å². The van der Waals surface area contributed by atoms with Crippen molar-refractivity contribution in [2.75, 3.05) is 19.6 Å². The molecule has 0 aliphatic carbocycles. The number of nitrogens with one attached hydrogen (secondary N) is 1. The standard InChI is InChI=1S/C7H12F2N2O/c1-5-4-10-2-3-11(5)7(12)6(8)9/h5-6,10H,2-4H2,1H3/t5-/m1/s1. The average Bonchev–Trinajstić information content (AvgIpc) is 2.04. The molecule has 0 aromatic carbocycles. The summed E-state index contributed by atoms with van der Waals surface area (Å²) in [5.41, 5.74) is 0. The van der Waals surface area contributed by atoms with Crippen molar-refractivity contribution in [1.29, 1.82) is 0 Å². The van der Waals surface area contributed by atoms with Crippen molar-refractivity contribution in [2.45, 2.75) is 19.4 Å². The number of carbonyl (C=O) groups is 1. The molecular weight excluding hydrogens is 166 g/mol. The predicted octanol–water partition coefficient (Wildman–Crippen LogP) is 0.0718. The van der Waals surface area contributed by atoms with Crippen LogP contribution in [0.5, 0.6) is 0 Å². The molecule has 3 nitrogen and oxygen atoms in total. The molecule has 0 aromatic rings. The van der Waals surface area contributed by atoms with Gasteiger partial charge in [-0.2, -0.15) is 8.78 Å². The third kappa shape index (κ3) is 1.91. The molecule has 0 saturated carbocycles. The molecule has 0 bridgehead atoms. The second kappa shape index (κ2) is 3.80. The van der Waals surface area contributed by atoms with Crippen LogP contribution in [0.25, 0.3) is 0 Å². The van der Waals surface area contributed by atoms with Crippen molar-refractivity contribution in [1.82, 2.24) is 10.2 Å². The molecule has 1 atom stereocenters. The summed E-state index contributed by atoms with van der Waals surface area (Å²) in [5, 5.41) is 3.02. The normalized spacial score (nSPS) is 24.7. The first kappa shape index (κ1) is 9.38. The van der Waals surface area contributed by atoms with Gasteiger partial charge in [-0.25, -0.2) is 0 Å². The maximum atomic E-state index is 12.0. The number of rotatable bonds is 1. The Morgan fingerprint density at radius 2 is 2.33 bits per heavy atom. The first-order valence-corrected chi connectivity index (χ1v) is 3.92. The van der Waals surface area contributed by atoms with Crippen molar-refractivity contribution in [2.24, 2.45) is 0 Å². The molecule has 1 heterocycles. The minimum Gasteiger partial charge on any atom is -0.332 e. The Labute approximate surface area is 69.7 Å². The van der Waals surface area contributed by atoms with Gasteiger partial charge in [0.15, 0.2) is 0 Å². The molecule has 1 amide bonds. The van der Waals surface area contributed by atoms with E-state index in [-0.39, 0.29) is 6.04 Å². The zero-order chi connectivity index (χ0) is 9.14. The maximum Gasteiger partial charge on any atom is 0.315 e. The van der Waals surface area contributed by atoms with Crippen LogP contribution in [0.15, 0.2) is 0 Å². The van der Waals surface area contributed by atoms with Gasteiger partial charge in [0.05, 0.1) is 0 Å². The maximum absolute atomic E-state index is 12.0. The van der Waals surface area contributed by atoms with Gasteiger partial charge < -0.3 is 10.2 Å². The van der Waals surface area contributed by atoms with Crippen LogP contribution in [0.2, 0.25) is 0 Å². The Kier molecular flexibility index (Phi) is 2.97. The minimum atomic E-state index is -2.87. The van der Waals surface area contributed by atoms with Crippen LogP contribution in [0.3, 0.4) is 0 Å². The van der Waals surface area contributed by atoms with Gasteiger partial charge >= 0.3 is 6.43 Å². The first-order chi connectivity index (χ1) is 5.63. The lowest BCUT2D eigenvalue weighted by molar-refractivity contribution is -0.145. The van der Waals surface area contributed by atoms with Crippen molar-refractivity contribution in [3.05, 3.63) is 0 Å². The van der Waals surface area contributed by atoms with E-state index in [1.165, 1.54) is 4.90 Å². The Morgan fingerprint density at radius 1 is 1.67 bits per heavy atom. The lowest BCUT2D eigenvalue weighted by atomic mass is 10.2. The number of hydrogen-bond acceptors (Lipinski definition) is 2. The van der Waals surface area contributed by atoms with Gasteiger partial charge in [-0.3, -0.25) is 4.79 Å². The fraction of sp³-hybridized carbons (Fsp3) is 0.857. The summed E-state index contributed by atoms with van der Waals surface area (Å²) in [6.07, 6.45) is -2.87. The zero-order valence-electron chi connectivity index (χ0n) is 6.89. The number of alkyl halides is 2. The van der Waals surface area contributed by atoms with Crippen LogP contribution in [-0.2, 0) is 4.79 Å². The molecule has 1 saturated heterocycles. The third-order valence-corrected chi connectivity index (χ3v) is 1.97. The number of carbonyl (C=O) groups excluding carboxylic acids is 1. The van der Waals surface area contributed by atoms with Crippen molar-refractivity contribution in [3.63, 3.8) is 0 Å². The van der Waals surface area contributed by atoms with E-state index in [0.717, 1.165) is 0 Å². The molecule has 1 rings (SSSR count). The summed E-state index contributed by atoms with van der Waals surface area (Å²) in [4.78, 5) is 12.1. The number of nitrogens with zero attached hydrogens (tertiary/aromatic N) is 1. The molecule has 1 N–H and O–H groups in total. The van der Waals surface area contributed by atoms with E-state index in [9.17, 15) is 13.6 Å². The molecule has 1 fully saturated rings. The van der Waals surface area contributed by atoms with Crippen LogP contribution >= 0.6 is 0 Å². The monoisotopic (exact) mass is 178 g/mol. The molecule has 0 spiro atoms. The molecule has 0 unspecified atom stereocenters. The highest BCUT2D eigenvalue weighted by atomic mass is 19.3. The van der Waals surface area contributed by atoms with Crippen LogP contribution in [0.1, 0.15) is 6.92 Å². The molecule has 5 heteroatoms. The average molecular weight is 178 g/mol. The topological polar surface area (TPSA) is 32.3 Å². The highest BCUT2D eigenvalue weighted by molar-refractivity contribution is 5.79. The summed E-state index contributed by atoms with van der Waals surface area (Å²) < 4.78 is 23.9. The quantitative estimate of drug-likeness (QED) is 0.616. The summed E-state index contributed by atoms with van der Waals surface area (Å²) in [6, 6.07) is -0.125. The van der Waals surface area contributed by atoms with E-state index in [0.29, 0.717) is 19.6 Å². The summed E-state index contributed by atoms with van der Waals surface area (Å²) in [5.74, 6) is -1.05. The van der Waals surface area contributed by atoms with Gasteiger partial charge in [-0.15, -0.1) is 0 Å². The van der Waals surface area contributed by atoms with Gasteiger partial charge in [0.1, 0.15) is 0 Å². The number of amides is 1. The van der Waals surface area contributed by atoms with Gasteiger partial charge in [-0.1, -0.05) is 0 Å². The predicted molar refractivity (Wildman–Crippen MR) is 40.0 cm³/mol. The molecular formula is C7H12F2N2O. The van der Waals surface area contributed by atoms with E-state index in [1.807, 2.05) is 0 Å². The highest BCUT2D eigenvalue weighted by Crippen LogP contribution is 2.07. The Morgan fingerprint density at radius 3 is 2.83 bits per heavy atom. The molecule has 1 aliphatic heterocycles. The molecule has 0 radical (unpaired) electrons. The minimum absolute atomic E-state index is 0.125. The van der Waals surface area contributed by atoms with Crippen LogP contribution in [-0.4, -0.2) is 42.9 Å². The van der Waals surface area contributed by atoms with Gasteiger partial charge in [0, 0.05) is 25.7 Å². The molecule has 70 valence electrons. The fourth-order valence-electron chi connectivity index (χ4n) is 1.29. The number of hydrogen-bond donors (Lipinski definition) is 1. The van der Waals surface area contributed by atoms with E-state index >= 15 is 0 Å². The Bertz CT molecular complexity index is 175. The number of halogens is 2. The van der Waals surface area contributed by atoms with Crippen molar-refractivity contribution in [3.8, 4) is 0 Å². The summed E-state index contributed by atoms with van der Waals surface area (Å²) in [6.45, 7) is 3.33. The zero-order valence-corrected chi connectivity index (χ0v) is 6.89. The second-order valence-corrected chi connectivity index (χ2v) is 2.89. The van der Waals surface area contributed by atoms with E-state index < -0.39 is 12.3 Å². The summed E-state index contributed by atoms with van der Waals surface area (Å²) in [7, 11) is 0. The van der Waals surface area contributed by atoms with Gasteiger partial charge in [-0.05, 0) is 6.92 Å². The second-order valence-electron chi connectivity index (χ2n) is 2.89. The Hall–Kier alpha value is -0.710. The van der Waals surface area contributed by atoms with Crippen LogP contribution in [0.4, 0.5) is 8.78 Å². The Balaban J connectivity index is 2.53. The molecule has 12 heavy (non-hydrogen) atoms. The smallest absolute Gasteiger partial charge is 0.315 e. The largest absolute Gasteiger partial charge is 0.332 e. The van der Waals surface area contributed by atoms with Crippen molar-refractivity contribution < 1.29 is 13.6 Å². The summed E-state index contributed by atoms with van der Waals surface area (Å²) >= 11 is 0. The lowest BCUT2D eigenvalue weighted by Crippen LogP contribution is -2.53. The van der Waals surface area contributed by atoms with Crippen LogP contribution in [0, 0.1) is 0 Å². The molecule has 0 aromatic heterocycles. The SMILES string of the molecule is C[C@@H]1CNCCN1C(=O)C(F)F. The van der Waals surface area contributed by atoms with Gasteiger partial charge in [0.25, 0.3) is 5.91 Å². The lowest BCUT2D eigenvalue weighted by Gasteiger charge is -2.33. The van der Waals surface area contributed by atoms with E-state index in [4.69, 9.17) is 0 Å².